The first-order valence-electron chi connectivity index (χ1n) is 8.66. The van der Waals surface area contributed by atoms with Gasteiger partial charge in [-0.25, -0.2) is 13.2 Å². The molecule has 0 saturated heterocycles. The quantitative estimate of drug-likeness (QED) is 0.0821. The molecule has 0 aromatic heterocycles. The zero-order valence-corrected chi connectivity index (χ0v) is 26.2. The number of hydrogen-bond donors (Lipinski definition) is 2. The van der Waals surface area contributed by atoms with E-state index in [9.17, 15) is 28.0 Å². The van der Waals surface area contributed by atoms with Crippen LogP contribution >= 0.6 is 0 Å². The number of anilines is 1. The van der Waals surface area contributed by atoms with Gasteiger partial charge >= 0.3 is 84.6 Å². The van der Waals surface area contributed by atoms with E-state index >= 15 is 0 Å². The number of carboxylic acids is 1. The van der Waals surface area contributed by atoms with E-state index in [1.54, 1.807) is 42.5 Å². The Morgan fingerprint density at radius 3 is 2.18 bits per heavy atom. The number of carboxylic acid groups (broad SMARTS) is 1. The number of nitrogens with zero attached hydrogens (tertiary/aromatic N) is 3. The summed E-state index contributed by atoms with van der Waals surface area (Å²) in [6.45, 7) is 0. The summed E-state index contributed by atoms with van der Waals surface area (Å²) in [6.07, 6.45) is 0. The Morgan fingerprint density at radius 2 is 1.56 bits per heavy atom. The van der Waals surface area contributed by atoms with Crippen LogP contribution in [0.25, 0.3) is 0 Å². The molecule has 3 rings (SSSR count). The van der Waals surface area contributed by atoms with Gasteiger partial charge in [0.25, 0.3) is 0 Å². The Labute approximate surface area is 252 Å². The molecule has 0 unspecified atom stereocenters. The largest absolute Gasteiger partial charge is 2.00 e. The van der Waals surface area contributed by atoms with Crippen LogP contribution in [0.5, 0.6) is 5.75 Å². The zero-order chi connectivity index (χ0) is 22.4. The van der Waals surface area contributed by atoms with Crippen molar-refractivity contribution in [2.24, 2.45) is 15.3 Å². The van der Waals surface area contributed by atoms with Crippen molar-refractivity contribution in [2.45, 2.75) is 4.90 Å². The average Bonchev–Trinajstić information content (AvgIpc) is 2.75. The molecule has 0 atom stereocenters. The van der Waals surface area contributed by atoms with Gasteiger partial charge in [-0.3, -0.25) is 5.43 Å². The van der Waals surface area contributed by atoms with Gasteiger partial charge < -0.3 is 14.8 Å². The minimum absolute atomic E-state index is 0. The van der Waals surface area contributed by atoms with E-state index in [1.165, 1.54) is 12.1 Å². The van der Waals surface area contributed by atoms with Gasteiger partial charge in [-0.05, 0) is 24.3 Å². The molecule has 0 spiro atoms. The van der Waals surface area contributed by atoms with Crippen LogP contribution in [0.15, 0.2) is 93.0 Å². The fourth-order valence-corrected chi connectivity index (χ4v) is 2.94. The second-order valence-corrected chi connectivity index (χ2v) is 7.43. The second kappa shape index (κ2) is 14.8. The minimum atomic E-state index is -4.77. The van der Waals surface area contributed by atoms with E-state index in [2.05, 4.69) is 20.8 Å². The van der Waals surface area contributed by atoms with Crippen LogP contribution in [0.4, 0.5) is 11.4 Å². The predicted molar refractivity (Wildman–Crippen MR) is 108 cm³/mol. The van der Waals surface area contributed by atoms with Crippen molar-refractivity contribution >= 4 is 33.3 Å². The van der Waals surface area contributed by atoms with Crippen molar-refractivity contribution < 1.29 is 107 Å². The molecule has 0 aliphatic heterocycles. The predicted octanol–water partition coefficient (Wildman–Crippen LogP) is -3.07. The summed E-state index contributed by atoms with van der Waals surface area (Å²) in [5.74, 6) is -1.80. The number of azo groups is 1. The van der Waals surface area contributed by atoms with Gasteiger partial charge in [0.2, 0.25) is 5.84 Å². The maximum Gasteiger partial charge on any atom is 2.00 e. The van der Waals surface area contributed by atoms with E-state index in [0.29, 0.717) is 5.56 Å². The van der Waals surface area contributed by atoms with Gasteiger partial charge in [0.1, 0.15) is 15.8 Å². The fourth-order valence-electron chi connectivity index (χ4n) is 2.44. The molecule has 0 aliphatic carbocycles. The summed E-state index contributed by atoms with van der Waals surface area (Å²) in [5.41, 5.74) is 2.64. The maximum atomic E-state index is 12.0. The van der Waals surface area contributed by atoms with Crippen molar-refractivity contribution in [3.05, 3.63) is 83.9 Å². The smallest absolute Gasteiger partial charge is 0.871 e. The first kappa shape index (κ1) is 32.5. The summed E-state index contributed by atoms with van der Waals surface area (Å²) in [5, 5.41) is 33.2. The standard InChI is InChI=1S/C20H16N4O6S.2Na.Zn/c25-18-11-10-14(31(28,29)30)12-17(18)22-24-19(13-6-2-1-3-7-13)23-21-16-9-5-4-8-15(16)20(26)27;;;/h1-12,22,25H,(H,26,27)(H,28,29,30);;;/q;2*+1;+2/p-2. The molecular weight excluding hydrogens is 536 g/mol. The second-order valence-electron chi connectivity index (χ2n) is 6.05. The number of benzene rings is 3. The van der Waals surface area contributed by atoms with E-state index in [4.69, 9.17) is 0 Å². The molecule has 0 aliphatic rings. The number of carbonyl (C=O) groups is 1. The first-order chi connectivity index (χ1) is 14.8. The summed E-state index contributed by atoms with van der Waals surface area (Å²) in [4.78, 5) is 10.7. The van der Waals surface area contributed by atoms with E-state index in [-0.39, 0.29) is 101 Å². The van der Waals surface area contributed by atoms with Crippen molar-refractivity contribution in [1.82, 2.24) is 0 Å². The molecule has 10 nitrogen and oxygen atoms in total. The number of rotatable bonds is 6. The van der Waals surface area contributed by atoms with Gasteiger partial charge in [0.15, 0.2) is 0 Å². The van der Waals surface area contributed by atoms with Gasteiger partial charge in [-0.1, -0.05) is 54.3 Å². The Morgan fingerprint density at radius 1 is 0.941 bits per heavy atom. The maximum absolute atomic E-state index is 12.0. The van der Waals surface area contributed by atoms with E-state index in [1.807, 2.05) is 0 Å². The molecule has 14 heteroatoms. The fraction of sp³-hybridized carbons (Fsp3) is 0. The van der Waals surface area contributed by atoms with Gasteiger partial charge in [-0.2, -0.15) is 5.10 Å². The molecular formula is C20H14N4Na2O6SZn+2. The third-order valence-electron chi connectivity index (χ3n) is 3.94. The SMILES string of the molecule is O=C(O)c1ccccc1N=NC(=NNc1cc(S(=O)(=O)[O-])ccc1[O-])c1ccccc1.[Na+].[Na+].[Zn+2]. The summed E-state index contributed by atoms with van der Waals surface area (Å²) >= 11 is 0. The number of hydrogen-bond acceptors (Lipinski definition) is 8. The first-order valence-corrected chi connectivity index (χ1v) is 10.1. The molecule has 158 valence electrons. The topological polar surface area (TPSA) is 167 Å². The van der Waals surface area contributed by atoms with Crippen LogP contribution in [0.2, 0.25) is 0 Å². The van der Waals surface area contributed by atoms with E-state index in [0.717, 1.165) is 18.2 Å². The Hall–Kier alpha value is -1.47. The molecule has 0 amide bonds. The molecule has 3 aromatic rings. The minimum Gasteiger partial charge on any atom is -0.871 e. The van der Waals surface area contributed by atoms with Crippen LogP contribution in [0.1, 0.15) is 15.9 Å². The van der Waals surface area contributed by atoms with Gasteiger partial charge in [0, 0.05) is 11.3 Å². The summed E-state index contributed by atoms with van der Waals surface area (Å²) < 4.78 is 33.6. The Kier molecular flexibility index (Phi) is 14.2. The van der Waals surface area contributed by atoms with Crippen molar-refractivity contribution in [2.75, 3.05) is 5.43 Å². The van der Waals surface area contributed by atoms with Crippen LogP contribution in [-0.2, 0) is 29.6 Å². The molecule has 0 heterocycles. The Balaban J connectivity index is 0.00000363. The molecule has 2 N–H and O–H groups in total. The molecule has 3 aromatic carbocycles. The van der Waals surface area contributed by atoms with Crippen molar-refractivity contribution in [3.63, 3.8) is 0 Å². The number of amidine groups is 1. The normalized spacial score (nSPS) is 11.0. The molecule has 34 heavy (non-hydrogen) atoms. The van der Waals surface area contributed by atoms with Gasteiger partial charge in [-0.15, -0.1) is 10.2 Å². The third kappa shape index (κ3) is 8.96. The molecule has 0 fully saturated rings. The Bertz CT molecular complexity index is 1290. The molecule has 0 radical (unpaired) electrons. The average molecular weight is 550 g/mol. The van der Waals surface area contributed by atoms with Crippen LogP contribution in [0.3, 0.4) is 0 Å². The third-order valence-corrected chi connectivity index (χ3v) is 4.77. The van der Waals surface area contributed by atoms with Crippen LogP contribution < -0.4 is 69.6 Å². The molecule has 0 saturated carbocycles. The van der Waals surface area contributed by atoms with Crippen molar-refractivity contribution in [3.8, 4) is 5.75 Å². The van der Waals surface area contributed by atoms with Crippen LogP contribution in [-0.4, -0.2) is 29.9 Å². The number of nitrogens with one attached hydrogen (secondary N) is 1. The van der Waals surface area contributed by atoms with Gasteiger partial charge in [0.05, 0.1) is 10.5 Å². The number of hydrazone groups is 1. The zero-order valence-electron chi connectivity index (χ0n) is 18.4. The summed E-state index contributed by atoms with van der Waals surface area (Å²) in [7, 11) is -4.77. The van der Waals surface area contributed by atoms with Crippen molar-refractivity contribution in [1.29, 1.82) is 0 Å². The monoisotopic (exact) mass is 548 g/mol. The van der Waals surface area contributed by atoms with Crippen LogP contribution in [0, 0.1) is 0 Å². The molecule has 0 bridgehead atoms. The summed E-state index contributed by atoms with van der Waals surface area (Å²) in [6, 6.07) is 17.1. The number of aromatic carboxylic acids is 1. The van der Waals surface area contributed by atoms with E-state index < -0.39 is 26.7 Å².